The molecule has 0 fully saturated rings. The maximum atomic E-state index is 9.66. The fraction of sp³-hybridized carbons (Fsp3) is 0.600. The molecule has 0 aliphatic heterocycles. The van der Waals surface area contributed by atoms with Crippen molar-refractivity contribution in [3.63, 3.8) is 0 Å². The molecule has 2 unspecified atom stereocenters. The van der Waals surface area contributed by atoms with Crippen molar-refractivity contribution in [3.8, 4) is 0 Å². The predicted octanol–water partition coefficient (Wildman–Crippen LogP) is 1.64. The van der Waals surface area contributed by atoms with E-state index in [0.29, 0.717) is 18.4 Å². The summed E-state index contributed by atoms with van der Waals surface area (Å²) < 4.78 is 0. The zero-order chi connectivity index (χ0) is 9.78. The van der Waals surface area contributed by atoms with E-state index in [2.05, 4.69) is 13.2 Å². The lowest BCUT2D eigenvalue weighted by atomic mass is 9.92. The summed E-state index contributed by atoms with van der Waals surface area (Å²) in [4.78, 5) is 0. The van der Waals surface area contributed by atoms with Crippen LogP contribution < -0.4 is 0 Å². The molecule has 2 atom stereocenters. The van der Waals surface area contributed by atoms with Gasteiger partial charge in [-0.1, -0.05) is 18.2 Å². The highest BCUT2D eigenvalue weighted by atomic mass is 16.3. The van der Waals surface area contributed by atoms with Crippen LogP contribution in [0.3, 0.4) is 0 Å². The Kier molecular flexibility index (Phi) is 4.21. The second-order valence-corrected chi connectivity index (χ2v) is 3.56. The average Bonchev–Trinajstić information content (AvgIpc) is 1.85. The largest absolute Gasteiger partial charge is 0.390 e. The first-order valence-corrected chi connectivity index (χ1v) is 4.06. The highest BCUT2D eigenvalue weighted by molar-refractivity contribution is 5.00. The Morgan fingerprint density at radius 1 is 1.67 bits per heavy atom. The second-order valence-electron chi connectivity index (χ2n) is 3.56. The summed E-state index contributed by atoms with van der Waals surface area (Å²) in [6.07, 6.45) is 1.82. The molecule has 0 aliphatic carbocycles. The summed E-state index contributed by atoms with van der Waals surface area (Å²) in [6, 6.07) is 0. The van der Waals surface area contributed by atoms with Crippen molar-refractivity contribution in [1.82, 2.24) is 0 Å². The Morgan fingerprint density at radius 2 is 2.17 bits per heavy atom. The highest BCUT2D eigenvalue weighted by Crippen LogP contribution is 2.19. The minimum absolute atomic E-state index is 0.314. The fourth-order valence-corrected chi connectivity index (χ4v) is 0.985. The minimum Gasteiger partial charge on any atom is -0.390 e. The van der Waals surface area contributed by atoms with Gasteiger partial charge in [0.25, 0.3) is 0 Å². The number of aliphatic hydroxyl groups is 2. The molecule has 0 aromatic carbocycles. The molecule has 0 radical (unpaired) electrons. The van der Waals surface area contributed by atoms with Gasteiger partial charge in [0, 0.05) is 6.42 Å². The monoisotopic (exact) mass is 170 g/mol. The minimum atomic E-state index is -0.875. The lowest BCUT2D eigenvalue weighted by Gasteiger charge is -2.24. The van der Waals surface area contributed by atoms with Gasteiger partial charge in [-0.2, -0.15) is 0 Å². The van der Waals surface area contributed by atoms with Gasteiger partial charge < -0.3 is 10.2 Å². The van der Waals surface area contributed by atoms with Gasteiger partial charge >= 0.3 is 0 Å². The first-order chi connectivity index (χ1) is 5.39. The van der Waals surface area contributed by atoms with Crippen LogP contribution in [-0.4, -0.2) is 21.9 Å². The quantitative estimate of drug-likeness (QED) is 0.616. The van der Waals surface area contributed by atoms with Gasteiger partial charge in [-0.05, 0) is 20.3 Å². The Morgan fingerprint density at radius 3 is 2.50 bits per heavy atom. The van der Waals surface area contributed by atoms with Crippen LogP contribution in [0, 0.1) is 0 Å². The van der Waals surface area contributed by atoms with Gasteiger partial charge in [0.15, 0.2) is 0 Å². The number of rotatable bonds is 5. The van der Waals surface area contributed by atoms with Crippen LogP contribution in [0.1, 0.15) is 26.7 Å². The summed E-state index contributed by atoms with van der Waals surface area (Å²) in [6.45, 7) is 10.6. The lowest BCUT2D eigenvalue weighted by molar-refractivity contribution is 0.0167. The molecule has 0 saturated carbocycles. The Hall–Kier alpha value is -0.600. The van der Waals surface area contributed by atoms with Gasteiger partial charge in [-0.25, -0.2) is 0 Å². The average molecular weight is 170 g/mol. The van der Waals surface area contributed by atoms with Gasteiger partial charge in [0.1, 0.15) is 0 Å². The molecule has 0 spiro atoms. The third kappa shape index (κ3) is 4.31. The van der Waals surface area contributed by atoms with E-state index in [4.69, 9.17) is 0 Å². The van der Waals surface area contributed by atoms with E-state index >= 15 is 0 Å². The summed E-state index contributed by atoms with van der Waals surface area (Å²) in [5, 5.41) is 19.1. The van der Waals surface area contributed by atoms with Gasteiger partial charge in [-0.3, -0.25) is 0 Å². The Bertz CT molecular complexity index is 171. The normalized spacial score (nSPS) is 18.0. The highest BCUT2D eigenvalue weighted by Gasteiger charge is 2.22. The van der Waals surface area contributed by atoms with E-state index in [1.165, 1.54) is 0 Å². The van der Waals surface area contributed by atoms with Crippen LogP contribution in [-0.2, 0) is 0 Å². The number of aliphatic hydroxyl groups excluding tert-OH is 1. The molecule has 0 amide bonds. The molecular formula is C10H18O2. The van der Waals surface area contributed by atoms with E-state index in [9.17, 15) is 10.2 Å². The van der Waals surface area contributed by atoms with Crippen LogP contribution in [0.25, 0.3) is 0 Å². The first-order valence-electron chi connectivity index (χ1n) is 4.06. The summed E-state index contributed by atoms with van der Waals surface area (Å²) in [5.74, 6) is 0. The van der Waals surface area contributed by atoms with Crippen molar-refractivity contribution in [2.45, 2.75) is 38.4 Å². The molecule has 0 saturated heterocycles. The number of hydrogen-bond donors (Lipinski definition) is 2. The molecular weight excluding hydrogens is 152 g/mol. The van der Waals surface area contributed by atoms with Gasteiger partial charge in [0.2, 0.25) is 0 Å². The van der Waals surface area contributed by atoms with Crippen LogP contribution in [0.2, 0.25) is 0 Å². The summed E-state index contributed by atoms with van der Waals surface area (Å²) in [7, 11) is 0. The molecule has 0 aromatic rings. The van der Waals surface area contributed by atoms with Crippen LogP contribution >= 0.6 is 0 Å². The molecule has 2 N–H and O–H groups in total. The molecule has 0 aromatic heterocycles. The standard InChI is InChI=1S/C10H18O2/c1-5-6-10(4,12)7-9(11)8(2)3/h5,9,11-12H,1-2,6-7H2,3-4H3. The van der Waals surface area contributed by atoms with Crippen molar-refractivity contribution in [3.05, 3.63) is 24.8 Å². The SMILES string of the molecule is C=CCC(C)(O)CC(O)C(=C)C. The van der Waals surface area contributed by atoms with E-state index in [1.54, 1.807) is 19.9 Å². The molecule has 0 rings (SSSR count). The van der Waals surface area contributed by atoms with E-state index in [0.717, 1.165) is 0 Å². The second kappa shape index (κ2) is 4.43. The molecule has 0 heterocycles. The van der Waals surface area contributed by atoms with Crippen LogP contribution in [0.15, 0.2) is 24.8 Å². The molecule has 0 aliphatic rings. The van der Waals surface area contributed by atoms with Crippen molar-refractivity contribution >= 4 is 0 Å². The van der Waals surface area contributed by atoms with Crippen molar-refractivity contribution in [1.29, 1.82) is 0 Å². The summed E-state index contributed by atoms with van der Waals surface area (Å²) in [5.41, 5.74) is -0.195. The van der Waals surface area contributed by atoms with E-state index in [1.807, 2.05) is 0 Å². The smallest absolute Gasteiger partial charge is 0.0772 e. The third-order valence-corrected chi connectivity index (χ3v) is 1.79. The molecule has 12 heavy (non-hydrogen) atoms. The Balaban J connectivity index is 4.04. The van der Waals surface area contributed by atoms with Gasteiger partial charge in [0.05, 0.1) is 11.7 Å². The summed E-state index contributed by atoms with van der Waals surface area (Å²) >= 11 is 0. The zero-order valence-electron chi connectivity index (χ0n) is 7.88. The van der Waals surface area contributed by atoms with Crippen molar-refractivity contribution in [2.75, 3.05) is 0 Å². The third-order valence-electron chi connectivity index (χ3n) is 1.79. The maximum Gasteiger partial charge on any atom is 0.0772 e. The van der Waals surface area contributed by atoms with Crippen molar-refractivity contribution < 1.29 is 10.2 Å². The maximum absolute atomic E-state index is 9.66. The molecule has 70 valence electrons. The van der Waals surface area contributed by atoms with Crippen LogP contribution in [0.5, 0.6) is 0 Å². The number of hydrogen-bond acceptors (Lipinski definition) is 2. The predicted molar refractivity (Wildman–Crippen MR) is 50.9 cm³/mol. The molecule has 0 bridgehead atoms. The molecule has 2 heteroatoms. The lowest BCUT2D eigenvalue weighted by Crippen LogP contribution is -2.29. The van der Waals surface area contributed by atoms with Crippen LogP contribution in [0.4, 0.5) is 0 Å². The van der Waals surface area contributed by atoms with Gasteiger partial charge in [-0.15, -0.1) is 6.58 Å². The molecule has 2 nitrogen and oxygen atoms in total. The first kappa shape index (κ1) is 11.4. The van der Waals surface area contributed by atoms with E-state index in [-0.39, 0.29) is 0 Å². The topological polar surface area (TPSA) is 40.5 Å². The van der Waals surface area contributed by atoms with E-state index < -0.39 is 11.7 Å². The zero-order valence-corrected chi connectivity index (χ0v) is 7.88. The van der Waals surface area contributed by atoms with Crippen molar-refractivity contribution in [2.24, 2.45) is 0 Å². The Labute approximate surface area is 74.2 Å². The fourth-order valence-electron chi connectivity index (χ4n) is 0.985.